The number of halogens is 1. The second kappa shape index (κ2) is 20.9. The molecule has 4 N–H and O–H groups in total. The topological polar surface area (TPSA) is 242 Å². The van der Waals surface area contributed by atoms with Gasteiger partial charge in [-0.25, -0.2) is 9.18 Å². The quantitative estimate of drug-likeness (QED) is 0.0889. The lowest BCUT2D eigenvalue weighted by Gasteiger charge is -2.39. The van der Waals surface area contributed by atoms with Crippen LogP contribution in [-0.2, 0) is 57.0 Å². The van der Waals surface area contributed by atoms with E-state index in [4.69, 9.17) is 9.47 Å². The van der Waals surface area contributed by atoms with Crippen LogP contribution in [0.1, 0.15) is 98.3 Å². The lowest BCUT2D eigenvalue weighted by Crippen LogP contribution is -2.60. The van der Waals surface area contributed by atoms with Gasteiger partial charge < -0.3 is 39.3 Å². The third kappa shape index (κ3) is 10.3. The normalized spacial score (nSPS) is 24.4. The molecule has 20 nitrogen and oxygen atoms in total. The van der Waals surface area contributed by atoms with Gasteiger partial charge in [-0.15, -0.1) is 11.3 Å². The Morgan fingerprint density at radius 2 is 1.70 bits per heavy atom. The number of rotatable bonds is 14. The van der Waals surface area contributed by atoms with Crippen molar-refractivity contribution in [2.24, 2.45) is 12.5 Å². The monoisotopic (exact) mass is 1100 g/mol. The number of imidazole rings is 1. The van der Waals surface area contributed by atoms with Crippen molar-refractivity contribution in [3.63, 3.8) is 0 Å². The van der Waals surface area contributed by atoms with Crippen molar-refractivity contribution >= 4 is 75.5 Å². The van der Waals surface area contributed by atoms with E-state index in [1.165, 1.54) is 45.2 Å². The van der Waals surface area contributed by atoms with E-state index in [1.54, 1.807) is 32.7 Å². The van der Waals surface area contributed by atoms with Crippen molar-refractivity contribution in [1.29, 1.82) is 0 Å². The molecule has 5 aliphatic heterocycles. The highest BCUT2D eigenvalue weighted by molar-refractivity contribution is 7.52. The van der Waals surface area contributed by atoms with Crippen LogP contribution in [0.25, 0.3) is 21.1 Å². The number of piperidine rings is 1. The van der Waals surface area contributed by atoms with E-state index in [2.05, 4.69) is 15.5 Å². The number of imide groups is 1. The van der Waals surface area contributed by atoms with E-state index in [1.807, 2.05) is 53.4 Å². The molecule has 0 aliphatic carbocycles. The minimum absolute atomic E-state index is 0.0578. The molecule has 5 fully saturated rings. The number of nitrogens with one attached hydrogen (secondary N) is 2. The van der Waals surface area contributed by atoms with Crippen LogP contribution in [-0.4, -0.2) is 150 Å². The molecule has 0 spiro atoms. The number of thiophene rings is 1. The first-order chi connectivity index (χ1) is 36.5. The van der Waals surface area contributed by atoms with E-state index >= 15 is 9.18 Å². The third-order valence-corrected chi connectivity index (χ3v) is 18.7. The number of fused-ring (bicyclic) bond motifs is 4. The van der Waals surface area contributed by atoms with Crippen LogP contribution in [0.15, 0.2) is 77.6 Å². The van der Waals surface area contributed by atoms with Crippen LogP contribution in [0.4, 0.5) is 4.39 Å². The molecule has 3 aromatic carbocycles. The molecule has 2 aromatic heterocycles. The number of carbonyl (C=O) groups excluding carboxylic acids is 6. The van der Waals surface area contributed by atoms with Gasteiger partial charge >= 0.3 is 13.3 Å². The minimum Gasteiger partial charge on any atom is -0.370 e. The first-order valence-electron chi connectivity index (χ1n) is 26.1. The number of hydrogen-bond donors (Lipinski definition) is 4. The molecular weight excluding hydrogens is 1030 g/mol. The summed E-state index contributed by atoms with van der Waals surface area (Å²) in [6.45, 7) is 8.85. The smallest absolute Gasteiger partial charge is 0.367 e. The predicted molar refractivity (Wildman–Crippen MR) is 282 cm³/mol. The average molecular weight is 1100 g/mol. The molecule has 5 aromatic rings. The summed E-state index contributed by atoms with van der Waals surface area (Å²) >= 11 is 1.08. The second-order valence-corrected chi connectivity index (χ2v) is 24.9. The predicted octanol–water partition coefficient (Wildman–Crippen LogP) is 4.46. The van der Waals surface area contributed by atoms with Gasteiger partial charge in [0.2, 0.25) is 34.9 Å². The van der Waals surface area contributed by atoms with Gasteiger partial charge in [0.25, 0.3) is 5.91 Å². The summed E-state index contributed by atoms with van der Waals surface area (Å²) in [6.07, 6.45) is -0.393. The fourth-order valence-electron chi connectivity index (χ4n) is 11.9. The van der Waals surface area contributed by atoms with Crippen molar-refractivity contribution in [3.05, 3.63) is 105 Å². The highest BCUT2D eigenvalue weighted by Gasteiger charge is 2.51. The number of ether oxygens (including phenoxy) is 2. The lowest BCUT2D eigenvalue weighted by atomic mass is 9.85. The van der Waals surface area contributed by atoms with Crippen LogP contribution in [0.2, 0.25) is 0 Å². The molecule has 5 aliphatic rings. The van der Waals surface area contributed by atoms with Gasteiger partial charge in [-0.05, 0) is 77.9 Å². The number of likely N-dealkylation sites (tertiary alicyclic amines) is 3. The standard InChI is InChI=1S/C54H64FN8O12PS/c1-6-54(55,76(71,72)73)34-13-16-42-33(23-34)24-43(77-42)49(67)57-47(53(2,3)4)51(69)61-19-18-40(46(61)50(68)59-20-21-74-41(29-59)32-10-8-7-9-11-32)75-30-45(65)62-28-35-25-36(62)27-60(35)26-31-12-14-37-39(22-31)58(5)52(70)63(37)38-15-17-44(64)56-48(38)66/h7-14,16,22-24,35-36,38,40-41,46-47H,6,15,17-21,25-30H2,1-5H3,(H,57,67)(H,56,64,66)(H2,71,72,73)/t35-,36-,38?,40+,41-,46-,47+,54?/m0/s1. The van der Waals surface area contributed by atoms with Crippen LogP contribution < -0.4 is 16.3 Å². The number of aromatic nitrogens is 2. The molecule has 2 bridgehead atoms. The van der Waals surface area contributed by atoms with Crippen LogP contribution in [0, 0.1) is 5.41 Å². The Hall–Kier alpha value is -6.13. The Kier molecular flexibility index (Phi) is 14.7. The Morgan fingerprint density at radius 3 is 2.39 bits per heavy atom. The Labute approximate surface area is 447 Å². The van der Waals surface area contributed by atoms with Crippen LogP contribution >= 0.6 is 18.9 Å². The van der Waals surface area contributed by atoms with Crippen molar-refractivity contribution in [3.8, 4) is 0 Å². The summed E-state index contributed by atoms with van der Waals surface area (Å²) in [5.74, 6) is -2.59. The van der Waals surface area contributed by atoms with Gasteiger partial charge in [0.05, 0.1) is 35.2 Å². The number of alkyl halides is 1. The van der Waals surface area contributed by atoms with Gasteiger partial charge in [-0.3, -0.25) is 52.7 Å². The number of amides is 6. The van der Waals surface area contributed by atoms with Gasteiger partial charge in [-0.2, -0.15) is 0 Å². The number of morpholine rings is 1. The van der Waals surface area contributed by atoms with Crippen LogP contribution in [0.3, 0.4) is 0 Å². The highest BCUT2D eigenvalue weighted by atomic mass is 32.1. The highest BCUT2D eigenvalue weighted by Crippen LogP contribution is 2.60. The zero-order chi connectivity index (χ0) is 54.9. The van der Waals surface area contributed by atoms with Crippen molar-refractivity contribution in [2.75, 3.05) is 45.9 Å². The van der Waals surface area contributed by atoms with Gasteiger partial charge in [0.15, 0.2) is 0 Å². The van der Waals surface area contributed by atoms with Gasteiger partial charge in [-0.1, -0.05) is 70.2 Å². The minimum atomic E-state index is -5.21. The number of piperazine rings is 1. The summed E-state index contributed by atoms with van der Waals surface area (Å²) in [5, 5.41) is 2.73. The van der Waals surface area contributed by atoms with E-state index < -0.39 is 72.9 Å². The summed E-state index contributed by atoms with van der Waals surface area (Å²) in [7, 11) is -3.55. The van der Waals surface area contributed by atoms with Crippen molar-refractivity contribution < 1.29 is 57.0 Å². The molecule has 10 rings (SSSR count). The fraction of sp³-hybridized carbons (Fsp3) is 0.500. The molecule has 8 atom stereocenters. The maximum Gasteiger partial charge on any atom is 0.367 e. The van der Waals surface area contributed by atoms with Gasteiger partial charge in [0, 0.05) is 68.5 Å². The molecule has 7 heterocycles. The average Bonchev–Trinajstić information content (AvgIpc) is 4.34. The van der Waals surface area contributed by atoms with E-state index in [-0.39, 0.29) is 98.0 Å². The first kappa shape index (κ1) is 54.2. The molecule has 23 heteroatoms. The number of benzene rings is 3. The second-order valence-electron chi connectivity index (χ2n) is 22.0. The first-order valence-corrected chi connectivity index (χ1v) is 28.5. The largest absolute Gasteiger partial charge is 0.370 e. The number of hydrogen-bond acceptors (Lipinski definition) is 12. The fourth-order valence-corrected chi connectivity index (χ4v) is 13.7. The Balaban J connectivity index is 0.832. The third-order valence-electron chi connectivity index (χ3n) is 16.1. The molecule has 6 amide bonds. The lowest BCUT2D eigenvalue weighted by molar-refractivity contribution is -0.156. The van der Waals surface area contributed by atoms with E-state index in [0.717, 1.165) is 28.9 Å². The van der Waals surface area contributed by atoms with Crippen LogP contribution in [0.5, 0.6) is 0 Å². The maximum atomic E-state index is 15.7. The molecule has 0 saturated carbocycles. The molecule has 0 radical (unpaired) electrons. The Morgan fingerprint density at radius 1 is 0.935 bits per heavy atom. The van der Waals surface area contributed by atoms with E-state index in [0.29, 0.717) is 40.8 Å². The summed E-state index contributed by atoms with van der Waals surface area (Å²) in [5.41, 5.74) is 1.68. The zero-order valence-corrected chi connectivity index (χ0v) is 45.3. The van der Waals surface area contributed by atoms with Crippen molar-refractivity contribution in [1.82, 2.24) is 39.4 Å². The number of carbonyl (C=O) groups is 6. The molecule has 5 saturated heterocycles. The van der Waals surface area contributed by atoms with Crippen molar-refractivity contribution in [2.45, 2.75) is 114 Å². The zero-order valence-electron chi connectivity index (χ0n) is 43.6. The van der Waals surface area contributed by atoms with E-state index in [9.17, 15) is 43.1 Å². The summed E-state index contributed by atoms with van der Waals surface area (Å²) < 4.78 is 44.0. The molecule has 410 valence electrons. The summed E-state index contributed by atoms with van der Waals surface area (Å²) in [6, 6.07) is 17.7. The molecule has 77 heavy (non-hydrogen) atoms. The molecular formula is C54H64FN8O12PS. The summed E-state index contributed by atoms with van der Waals surface area (Å²) in [4.78, 5) is 123. The maximum absolute atomic E-state index is 15.7. The van der Waals surface area contributed by atoms with Gasteiger partial charge in [0.1, 0.15) is 30.8 Å². The SMILES string of the molecule is CCC(F)(c1ccc2sc(C(=O)N[C@H](C(=O)N3CC[C@@H](OCC(=O)N4C[C@@H]5C[C@H]4CN5Cc4ccc5c(c4)n(C)c(=O)n5C4CCC(=O)NC4=O)[C@H]3C(=O)N3CCO[C@H](c4ccccc4)C3)C(C)(C)C)cc2c1)P(=O)(O)O. The number of aryl methyl sites for hydroxylation is 1. The number of nitrogens with zero attached hydrogens (tertiary/aromatic N) is 6. The Bertz CT molecular complexity index is 3280. The molecule has 2 unspecified atom stereocenters.